The number of nitrogens with zero attached hydrogens (tertiary/aromatic N) is 1. The highest BCUT2D eigenvalue weighted by Crippen LogP contribution is 2.62. The van der Waals surface area contributed by atoms with Crippen molar-refractivity contribution in [3.05, 3.63) is 154 Å². The Morgan fingerprint density at radius 3 is 1.86 bits per heavy atom. The first-order chi connectivity index (χ1) is 18.2. The highest BCUT2D eigenvalue weighted by molar-refractivity contribution is 6.11. The Bertz CT molecular complexity index is 1740. The maximum absolute atomic E-state index is 8.93. The lowest BCUT2D eigenvalue weighted by atomic mass is 9.70. The summed E-state index contributed by atoms with van der Waals surface area (Å²) in [5, 5.41) is 12.1. The van der Waals surface area contributed by atoms with Crippen LogP contribution in [-0.2, 0) is 5.41 Å². The van der Waals surface area contributed by atoms with E-state index in [1.807, 2.05) is 25.3 Å². The fraction of sp³-hybridized carbons (Fsp3) is 0.0588. The maximum atomic E-state index is 8.93. The minimum absolute atomic E-state index is 0.204. The van der Waals surface area contributed by atoms with Crippen LogP contribution in [0.1, 0.15) is 27.8 Å². The first-order valence-corrected chi connectivity index (χ1v) is 12.4. The van der Waals surface area contributed by atoms with Crippen molar-refractivity contribution < 1.29 is 0 Å². The highest BCUT2D eigenvalue weighted by atomic mass is 15.0. The Morgan fingerprint density at radius 1 is 0.757 bits per heavy atom. The fourth-order valence-electron chi connectivity index (χ4n) is 6.16. The molecule has 0 saturated heterocycles. The number of hydrogen-bond donors (Lipinski definition) is 2. The van der Waals surface area contributed by atoms with E-state index in [9.17, 15) is 0 Å². The van der Waals surface area contributed by atoms with Crippen molar-refractivity contribution in [3.63, 3.8) is 0 Å². The summed E-state index contributed by atoms with van der Waals surface area (Å²) in [4.78, 5) is 4.65. The quantitative estimate of drug-likeness (QED) is 0.163. The van der Waals surface area contributed by atoms with Crippen LogP contribution < -0.4 is 5.32 Å². The first kappa shape index (κ1) is 21.4. The molecule has 37 heavy (non-hydrogen) atoms. The molecular formula is C34H23N3. The first-order valence-electron chi connectivity index (χ1n) is 12.4. The molecule has 4 aromatic carbocycles. The van der Waals surface area contributed by atoms with Crippen LogP contribution in [0.5, 0.6) is 0 Å². The van der Waals surface area contributed by atoms with Crippen LogP contribution in [0.3, 0.4) is 0 Å². The van der Waals surface area contributed by atoms with Gasteiger partial charge in [-0.05, 0) is 62.7 Å². The largest absolute Gasteiger partial charge is 0.372 e. The third-order valence-electron chi connectivity index (χ3n) is 7.64. The molecule has 3 aliphatic carbocycles. The van der Waals surface area contributed by atoms with Crippen molar-refractivity contribution in [2.45, 2.75) is 5.41 Å². The van der Waals surface area contributed by atoms with E-state index < -0.39 is 5.41 Å². The summed E-state index contributed by atoms with van der Waals surface area (Å²) in [6.45, 7) is 0. The van der Waals surface area contributed by atoms with Gasteiger partial charge in [-0.25, -0.2) is 4.99 Å². The minimum Gasteiger partial charge on any atom is -0.372 e. The van der Waals surface area contributed by atoms with E-state index in [-0.39, 0.29) is 5.84 Å². The van der Waals surface area contributed by atoms with Gasteiger partial charge in [0, 0.05) is 12.6 Å². The lowest BCUT2D eigenvalue weighted by molar-refractivity contribution is 0.793. The van der Waals surface area contributed by atoms with E-state index in [1.54, 1.807) is 6.08 Å². The molecule has 0 radical (unpaired) electrons. The van der Waals surface area contributed by atoms with Crippen molar-refractivity contribution >= 4 is 11.7 Å². The SMILES string of the molecule is CNC(=NC(=N)c1ccc2c(c1)C1(c3ccccc3-c3ccccc31)c1ccccc1-2)C1=C=C=CC=C1. The van der Waals surface area contributed by atoms with Gasteiger partial charge in [0.25, 0.3) is 0 Å². The zero-order chi connectivity index (χ0) is 25.0. The Hall–Kier alpha value is -4.94. The highest BCUT2D eigenvalue weighted by Gasteiger charge is 2.51. The average molecular weight is 474 g/mol. The van der Waals surface area contributed by atoms with Crippen LogP contribution in [0.25, 0.3) is 22.3 Å². The molecule has 3 heteroatoms. The Balaban J connectivity index is 1.48. The second-order valence-corrected chi connectivity index (χ2v) is 9.41. The normalized spacial score (nSPS) is 15.2. The van der Waals surface area contributed by atoms with Crippen molar-refractivity contribution in [2.75, 3.05) is 7.05 Å². The molecule has 0 aromatic heterocycles. The van der Waals surface area contributed by atoms with Crippen molar-refractivity contribution in [3.8, 4) is 22.3 Å². The summed E-state index contributed by atoms with van der Waals surface area (Å²) in [5.74, 6) is 0.798. The zero-order valence-electron chi connectivity index (χ0n) is 20.3. The molecule has 0 amide bonds. The second kappa shape index (κ2) is 8.05. The van der Waals surface area contributed by atoms with Gasteiger partial charge >= 0.3 is 0 Å². The van der Waals surface area contributed by atoms with Gasteiger partial charge in [0.1, 0.15) is 5.84 Å². The van der Waals surface area contributed by atoms with E-state index in [2.05, 4.69) is 107 Å². The van der Waals surface area contributed by atoms with Crippen LogP contribution in [0, 0.1) is 5.41 Å². The zero-order valence-corrected chi connectivity index (χ0v) is 20.3. The van der Waals surface area contributed by atoms with Gasteiger partial charge in [-0.1, -0.05) is 102 Å². The van der Waals surface area contributed by atoms with Crippen molar-refractivity contribution in [2.24, 2.45) is 4.99 Å². The third-order valence-corrected chi connectivity index (χ3v) is 7.64. The molecular weight excluding hydrogens is 450 g/mol. The van der Waals surface area contributed by atoms with E-state index in [4.69, 9.17) is 5.41 Å². The molecule has 4 aromatic rings. The van der Waals surface area contributed by atoms with Crippen molar-refractivity contribution in [1.82, 2.24) is 5.32 Å². The molecule has 2 N–H and O–H groups in total. The topological polar surface area (TPSA) is 48.2 Å². The number of amidine groups is 2. The van der Waals surface area contributed by atoms with E-state index in [1.165, 1.54) is 44.5 Å². The van der Waals surface area contributed by atoms with Crippen LogP contribution in [0.2, 0.25) is 0 Å². The third kappa shape index (κ3) is 2.90. The number of rotatable bonds is 2. The maximum Gasteiger partial charge on any atom is 0.154 e. The standard InChI is InChI=1S/C34H23N3/c1-36-33(22-11-3-2-4-12-22)37-32(35)23-19-20-27-26-15-7-10-18-30(26)34(31(27)21-23)28-16-8-5-13-24(28)25-14-6-9-17-29(25)34/h2-3,5-11,13-21H,1H3,(H2,35,36,37). The molecule has 0 fully saturated rings. The summed E-state index contributed by atoms with van der Waals surface area (Å²) in [6, 6.07) is 32.6. The Morgan fingerprint density at radius 2 is 1.32 bits per heavy atom. The Labute approximate surface area is 216 Å². The summed E-state index contributed by atoms with van der Waals surface area (Å²) < 4.78 is 0. The van der Waals surface area contributed by atoms with Gasteiger partial charge < -0.3 is 5.32 Å². The van der Waals surface area contributed by atoms with Gasteiger partial charge in [0.05, 0.1) is 11.0 Å². The van der Waals surface area contributed by atoms with Crippen LogP contribution in [0.4, 0.5) is 0 Å². The van der Waals surface area contributed by atoms with Crippen LogP contribution in [0.15, 0.2) is 131 Å². The molecule has 0 unspecified atom stereocenters. The van der Waals surface area contributed by atoms with Crippen LogP contribution in [-0.4, -0.2) is 18.7 Å². The van der Waals surface area contributed by atoms with E-state index in [0.717, 1.165) is 11.1 Å². The summed E-state index contributed by atoms with van der Waals surface area (Å²) in [7, 11) is 1.81. The van der Waals surface area contributed by atoms with Gasteiger partial charge in [-0.15, -0.1) is 0 Å². The number of hydrogen-bond acceptors (Lipinski definition) is 1. The minimum atomic E-state index is -0.423. The second-order valence-electron chi connectivity index (χ2n) is 9.41. The molecule has 0 bridgehead atoms. The van der Waals surface area contributed by atoms with Gasteiger partial charge in [-0.3, -0.25) is 5.41 Å². The van der Waals surface area contributed by atoms with Gasteiger partial charge in [0.2, 0.25) is 0 Å². The van der Waals surface area contributed by atoms with Gasteiger partial charge in [0.15, 0.2) is 5.84 Å². The smallest absolute Gasteiger partial charge is 0.154 e. The number of allylic oxidation sites excluding steroid dienone is 2. The lowest BCUT2D eigenvalue weighted by Gasteiger charge is -2.30. The molecule has 1 spiro atoms. The van der Waals surface area contributed by atoms with E-state index >= 15 is 0 Å². The van der Waals surface area contributed by atoms with Gasteiger partial charge in [-0.2, -0.15) is 0 Å². The summed E-state index contributed by atoms with van der Waals surface area (Å²) in [6.07, 6.45) is 5.62. The molecule has 0 heterocycles. The molecule has 7 rings (SSSR count). The molecule has 0 aliphatic heterocycles. The summed E-state index contributed by atoms with van der Waals surface area (Å²) in [5.41, 5.74) is 17.3. The number of nitrogens with one attached hydrogen (secondary N) is 2. The molecule has 3 nitrogen and oxygen atoms in total. The van der Waals surface area contributed by atoms with E-state index in [0.29, 0.717) is 5.84 Å². The number of benzene rings is 4. The number of aliphatic imine (C=N–C) groups is 1. The molecule has 3 aliphatic rings. The average Bonchev–Trinajstić information content (AvgIpc) is 3.43. The lowest BCUT2D eigenvalue weighted by Crippen LogP contribution is -2.26. The number of likely N-dealkylation sites (N-methyl/N-ethyl adjacent to an activating group) is 1. The molecule has 0 saturated carbocycles. The van der Waals surface area contributed by atoms with Crippen LogP contribution >= 0.6 is 0 Å². The monoisotopic (exact) mass is 473 g/mol. The fourth-order valence-corrected chi connectivity index (χ4v) is 6.16. The Kier molecular flexibility index (Phi) is 4.64. The summed E-state index contributed by atoms with van der Waals surface area (Å²) >= 11 is 0. The number of fused-ring (bicyclic) bond motifs is 10. The molecule has 174 valence electrons. The predicted molar refractivity (Wildman–Crippen MR) is 150 cm³/mol. The predicted octanol–water partition coefficient (Wildman–Crippen LogP) is 6.78. The van der Waals surface area contributed by atoms with Crippen molar-refractivity contribution in [1.29, 1.82) is 5.41 Å². The molecule has 0 atom stereocenters.